The highest BCUT2D eigenvalue weighted by molar-refractivity contribution is 6.35. The number of methoxy groups -OCH3 is 1. The van der Waals surface area contributed by atoms with Crippen molar-refractivity contribution in [3.05, 3.63) is 28.9 Å². The van der Waals surface area contributed by atoms with Crippen LogP contribution in [0.1, 0.15) is 25.3 Å². The van der Waals surface area contributed by atoms with Gasteiger partial charge in [-0.05, 0) is 23.6 Å². The van der Waals surface area contributed by atoms with Gasteiger partial charge in [0.05, 0.1) is 17.6 Å². The molecule has 0 unspecified atom stereocenters. The van der Waals surface area contributed by atoms with E-state index in [1.54, 1.807) is 7.11 Å². The minimum absolute atomic E-state index is 0.450. The van der Waals surface area contributed by atoms with Crippen LogP contribution >= 0.6 is 11.6 Å². The second kappa shape index (κ2) is 3.78. The Bertz CT molecular complexity index is 488. The van der Waals surface area contributed by atoms with E-state index in [0.29, 0.717) is 5.92 Å². The monoisotopic (exact) mass is 223 g/mol. The summed E-state index contributed by atoms with van der Waals surface area (Å²) >= 11 is 6.12. The predicted molar refractivity (Wildman–Crippen MR) is 63.9 cm³/mol. The Balaban J connectivity index is 2.81. The van der Waals surface area contributed by atoms with E-state index in [1.165, 1.54) is 5.56 Å². The highest BCUT2D eigenvalue weighted by Crippen LogP contribution is 2.36. The van der Waals surface area contributed by atoms with Gasteiger partial charge in [-0.25, -0.2) is 0 Å². The molecule has 1 N–H and O–H groups in total. The fourth-order valence-corrected chi connectivity index (χ4v) is 2.05. The van der Waals surface area contributed by atoms with Crippen LogP contribution in [0.25, 0.3) is 10.9 Å². The first-order valence-corrected chi connectivity index (χ1v) is 5.36. The van der Waals surface area contributed by atoms with Gasteiger partial charge >= 0.3 is 0 Å². The van der Waals surface area contributed by atoms with Crippen LogP contribution < -0.4 is 4.74 Å². The molecular formula is C12H14ClNO. The number of aromatic nitrogens is 1. The topological polar surface area (TPSA) is 25.0 Å². The molecule has 15 heavy (non-hydrogen) atoms. The van der Waals surface area contributed by atoms with Gasteiger partial charge in [-0.1, -0.05) is 25.4 Å². The van der Waals surface area contributed by atoms with Crippen molar-refractivity contribution in [1.29, 1.82) is 0 Å². The number of rotatable bonds is 2. The van der Waals surface area contributed by atoms with Crippen LogP contribution in [0.2, 0.25) is 5.02 Å². The number of hydrogen-bond acceptors (Lipinski definition) is 1. The van der Waals surface area contributed by atoms with Gasteiger partial charge in [0.1, 0.15) is 5.75 Å². The third-order valence-corrected chi connectivity index (χ3v) is 2.93. The van der Waals surface area contributed by atoms with Gasteiger partial charge in [-0.15, -0.1) is 0 Å². The zero-order valence-electron chi connectivity index (χ0n) is 9.10. The minimum atomic E-state index is 0.450. The Hall–Kier alpha value is -1.15. The molecule has 0 amide bonds. The molecule has 0 aliphatic carbocycles. The van der Waals surface area contributed by atoms with Crippen molar-refractivity contribution in [2.45, 2.75) is 19.8 Å². The molecule has 1 aromatic heterocycles. The maximum atomic E-state index is 6.12. The summed E-state index contributed by atoms with van der Waals surface area (Å²) in [5.74, 6) is 1.32. The van der Waals surface area contributed by atoms with Crippen LogP contribution in [-0.4, -0.2) is 12.1 Å². The van der Waals surface area contributed by atoms with E-state index in [-0.39, 0.29) is 0 Å². The second-order valence-electron chi connectivity index (χ2n) is 3.90. The molecular weight excluding hydrogens is 210 g/mol. The Labute approximate surface area is 94.2 Å². The molecule has 0 saturated heterocycles. The normalized spacial score (nSPS) is 11.3. The van der Waals surface area contributed by atoms with E-state index < -0.39 is 0 Å². The molecule has 2 aromatic rings. The maximum absolute atomic E-state index is 6.12. The molecule has 0 bridgehead atoms. The third kappa shape index (κ3) is 1.59. The van der Waals surface area contributed by atoms with Crippen molar-refractivity contribution in [2.24, 2.45) is 0 Å². The fourth-order valence-electron chi connectivity index (χ4n) is 1.83. The molecule has 0 radical (unpaired) electrons. The van der Waals surface area contributed by atoms with Gasteiger partial charge in [0, 0.05) is 11.6 Å². The lowest BCUT2D eigenvalue weighted by molar-refractivity contribution is 0.419. The van der Waals surface area contributed by atoms with E-state index in [0.717, 1.165) is 21.7 Å². The highest BCUT2D eigenvalue weighted by atomic mass is 35.5. The fraction of sp³-hybridized carbons (Fsp3) is 0.333. The number of nitrogens with one attached hydrogen (secondary N) is 1. The SMILES string of the molecule is COc1ccc(Cl)c2[nH]cc(C(C)C)c12. The van der Waals surface area contributed by atoms with Crippen molar-refractivity contribution in [3.63, 3.8) is 0 Å². The van der Waals surface area contributed by atoms with E-state index in [4.69, 9.17) is 16.3 Å². The van der Waals surface area contributed by atoms with Crippen molar-refractivity contribution < 1.29 is 4.74 Å². The highest BCUT2D eigenvalue weighted by Gasteiger charge is 2.13. The summed E-state index contributed by atoms with van der Waals surface area (Å²) in [6, 6.07) is 3.76. The smallest absolute Gasteiger partial charge is 0.128 e. The Morgan fingerprint density at radius 3 is 2.67 bits per heavy atom. The molecule has 2 nitrogen and oxygen atoms in total. The summed E-state index contributed by atoms with van der Waals surface area (Å²) in [6.45, 7) is 4.31. The van der Waals surface area contributed by atoms with Gasteiger partial charge in [-0.2, -0.15) is 0 Å². The summed E-state index contributed by atoms with van der Waals surface area (Å²) in [5.41, 5.74) is 2.20. The van der Waals surface area contributed by atoms with Crippen LogP contribution in [-0.2, 0) is 0 Å². The molecule has 2 rings (SSSR count). The molecule has 80 valence electrons. The quantitative estimate of drug-likeness (QED) is 0.819. The summed E-state index contributed by atoms with van der Waals surface area (Å²) < 4.78 is 5.35. The predicted octanol–water partition coefficient (Wildman–Crippen LogP) is 3.95. The molecule has 0 saturated carbocycles. The van der Waals surface area contributed by atoms with Gasteiger partial charge in [0.25, 0.3) is 0 Å². The van der Waals surface area contributed by atoms with Gasteiger partial charge < -0.3 is 9.72 Å². The molecule has 0 aliphatic heterocycles. The number of ether oxygens (including phenoxy) is 1. The van der Waals surface area contributed by atoms with Crippen molar-refractivity contribution >= 4 is 22.5 Å². The van der Waals surface area contributed by atoms with Gasteiger partial charge in [0.15, 0.2) is 0 Å². The van der Waals surface area contributed by atoms with E-state index in [2.05, 4.69) is 18.8 Å². The molecule has 0 aliphatic rings. The van der Waals surface area contributed by atoms with Crippen molar-refractivity contribution in [1.82, 2.24) is 4.98 Å². The first-order chi connectivity index (χ1) is 7.15. The average Bonchev–Trinajstić information content (AvgIpc) is 2.64. The summed E-state index contributed by atoms with van der Waals surface area (Å²) in [6.07, 6.45) is 2.00. The van der Waals surface area contributed by atoms with Crippen LogP contribution in [0.15, 0.2) is 18.3 Å². The van der Waals surface area contributed by atoms with Crippen molar-refractivity contribution in [2.75, 3.05) is 7.11 Å². The lowest BCUT2D eigenvalue weighted by atomic mass is 10.0. The number of halogens is 1. The van der Waals surface area contributed by atoms with Crippen LogP contribution in [0.3, 0.4) is 0 Å². The Kier molecular flexibility index (Phi) is 2.61. The summed E-state index contributed by atoms with van der Waals surface area (Å²) in [7, 11) is 1.68. The molecule has 0 atom stereocenters. The van der Waals surface area contributed by atoms with Crippen LogP contribution in [0.4, 0.5) is 0 Å². The molecule has 1 aromatic carbocycles. The Morgan fingerprint density at radius 1 is 1.33 bits per heavy atom. The summed E-state index contributed by atoms with van der Waals surface area (Å²) in [5, 5.41) is 1.83. The standard InChI is InChI=1S/C12H14ClNO/c1-7(2)8-6-14-12-9(13)4-5-10(15-3)11(8)12/h4-7,14H,1-3H3. The first-order valence-electron chi connectivity index (χ1n) is 4.98. The van der Waals surface area contributed by atoms with Gasteiger partial charge in [-0.3, -0.25) is 0 Å². The molecule has 0 spiro atoms. The van der Waals surface area contributed by atoms with E-state index in [9.17, 15) is 0 Å². The average molecular weight is 224 g/mol. The second-order valence-corrected chi connectivity index (χ2v) is 4.31. The third-order valence-electron chi connectivity index (χ3n) is 2.62. The molecule has 1 heterocycles. The number of benzene rings is 1. The number of hydrogen-bond donors (Lipinski definition) is 1. The maximum Gasteiger partial charge on any atom is 0.128 e. The van der Waals surface area contributed by atoms with Gasteiger partial charge in [0.2, 0.25) is 0 Å². The van der Waals surface area contributed by atoms with E-state index in [1.807, 2.05) is 18.3 Å². The van der Waals surface area contributed by atoms with Crippen LogP contribution in [0, 0.1) is 0 Å². The number of H-pyrrole nitrogens is 1. The minimum Gasteiger partial charge on any atom is -0.496 e. The number of fused-ring (bicyclic) bond motifs is 1. The van der Waals surface area contributed by atoms with Crippen LogP contribution in [0.5, 0.6) is 5.75 Å². The Morgan fingerprint density at radius 2 is 2.07 bits per heavy atom. The number of aromatic amines is 1. The molecule has 3 heteroatoms. The summed E-state index contributed by atoms with van der Waals surface area (Å²) in [4.78, 5) is 3.20. The molecule has 0 fully saturated rings. The van der Waals surface area contributed by atoms with E-state index >= 15 is 0 Å². The van der Waals surface area contributed by atoms with Crippen molar-refractivity contribution in [3.8, 4) is 5.75 Å². The first kappa shape index (κ1) is 10.4. The lowest BCUT2D eigenvalue weighted by Crippen LogP contribution is -1.89. The lowest BCUT2D eigenvalue weighted by Gasteiger charge is -2.07. The zero-order valence-corrected chi connectivity index (χ0v) is 9.85. The largest absolute Gasteiger partial charge is 0.496 e. The zero-order chi connectivity index (χ0) is 11.0.